The van der Waals surface area contributed by atoms with Crippen LogP contribution in [0, 0.1) is 11.7 Å². The van der Waals surface area contributed by atoms with Gasteiger partial charge in [-0.2, -0.15) is 0 Å². The monoisotopic (exact) mass is 328 g/mol. The molecule has 0 spiro atoms. The molecule has 0 bridgehead atoms. The fourth-order valence-corrected chi connectivity index (χ4v) is 3.62. The van der Waals surface area contributed by atoms with Crippen LogP contribution < -0.4 is 5.32 Å². The first-order valence-electron chi connectivity index (χ1n) is 6.99. The standard InChI is InChI=1S/C15H22BrFN2/c1-3-18-10-11-5-4-8-19(2)15(11)13-7-6-12(17)9-14(13)16/h6-7,9,11,15,18H,3-5,8,10H2,1-2H3. The van der Waals surface area contributed by atoms with Gasteiger partial charge in [-0.25, -0.2) is 4.39 Å². The van der Waals surface area contributed by atoms with E-state index < -0.39 is 0 Å². The van der Waals surface area contributed by atoms with Crippen molar-refractivity contribution in [2.24, 2.45) is 5.92 Å². The van der Waals surface area contributed by atoms with Crippen LogP contribution in [0.2, 0.25) is 0 Å². The second-order valence-corrected chi connectivity index (χ2v) is 6.16. The number of nitrogens with zero attached hydrogens (tertiary/aromatic N) is 1. The van der Waals surface area contributed by atoms with Gasteiger partial charge in [-0.3, -0.25) is 4.90 Å². The number of piperidine rings is 1. The highest BCUT2D eigenvalue weighted by atomic mass is 79.9. The molecule has 0 amide bonds. The third-order valence-electron chi connectivity index (χ3n) is 3.94. The van der Waals surface area contributed by atoms with Crippen LogP contribution in [0.4, 0.5) is 4.39 Å². The van der Waals surface area contributed by atoms with E-state index in [1.165, 1.54) is 18.4 Å². The van der Waals surface area contributed by atoms with Gasteiger partial charge < -0.3 is 5.32 Å². The van der Waals surface area contributed by atoms with E-state index in [2.05, 4.69) is 40.1 Å². The molecular formula is C15H22BrFN2. The van der Waals surface area contributed by atoms with Crippen molar-refractivity contribution in [3.8, 4) is 0 Å². The molecular weight excluding hydrogens is 307 g/mol. The summed E-state index contributed by atoms with van der Waals surface area (Å²) < 4.78 is 14.1. The summed E-state index contributed by atoms with van der Waals surface area (Å²) in [5, 5.41) is 3.45. The smallest absolute Gasteiger partial charge is 0.124 e. The van der Waals surface area contributed by atoms with Crippen molar-refractivity contribution >= 4 is 15.9 Å². The van der Waals surface area contributed by atoms with Gasteiger partial charge in [0, 0.05) is 10.5 Å². The second kappa shape index (κ2) is 6.82. The summed E-state index contributed by atoms with van der Waals surface area (Å²) in [5.74, 6) is 0.401. The summed E-state index contributed by atoms with van der Waals surface area (Å²) in [5.41, 5.74) is 1.20. The van der Waals surface area contributed by atoms with Gasteiger partial charge in [0.2, 0.25) is 0 Å². The van der Waals surface area contributed by atoms with E-state index in [-0.39, 0.29) is 5.82 Å². The number of likely N-dealkylation sites (tertiary alicyclic amines) is 1. The third-order valence-corrected chi connectivity index (χ3v) is 4.63. The van der Waals surface area contributed by atoms with Crippen LogP contribution in [0.25, 0.3) is 0 Å². The Bertz CT molecular complexity index is 425. The van der Waals surface area contributed by atoms with E-state index in [9.17, 15) is 4.39 Å². The summed E-state index contributed by atoms with van der Waals surface area (Å²) in [6, 6.07) is 5.42. The Hall–Kier alpha value is -0.450. The average molecular weight is 329 g/mol. The van der Waals surface area contributed by atoms with Crippen molar-refractivity contribution in [1.29, 1.82) is 0 Å². The Balaban J connectivity index is 2.25. The molecule has 2 nitrogen and oxygen atoms in total. The number of hydrogen-bond donors (Lipinski definition) is 1. The van der Waals surface area contributed by atoms with Gasteiger partial charge in [-0.1, -0.05) is 28.9 Å². The molecule has 106 valence electrons. The van der Waals surface area contributed by atoms with Crippen LogP contribution in [-0.4, -0.2) is 31.6 Å². The first kappa shape index (κ1) is 14.9. The third kappa shape index (κ3) is 3.56. The van der Waals surface area contributed by atoms with Gasteiger partial charge in [-0.05, 0) is 63.1 Å². The Labute approximate surface area is 123 Å². The highest BCUT2D eigenvalue weighted by molar-refractivity contribution is 9.10. The van der Waals surface area contributed by atoms with Gasteiger partial charge in [0.1, 0.15) is 5.82 Å². The zero-order valence-corrected chi connectivity index (χ0v) is 13.2. The van der Waals surface area contributed by atoms with Crippen LogP contribution in [-0.2, 0) is 0 Å². The largest absolute Gasteiger partial charge is 0.317 e. The molecule has 1 aromatic carbocycles. The molecule has 0 saturated carbocycles. The first-order chi connectivity index (χ1) is 9.13. The predicted octanol–water partition coefficient (Wildman–Crippen LogP) is 3.58. The van der Waals surface area contributed by atoms with E-state index >= 15 is 0 Å². The molecule has 19 heavy (non-hydrogen) atoms. The van der Waals surface area contributed by atoms with Crippen LogP contribution in [0.15, 0.2) is 22.7 Å². The fraction of sp³-hybridized carbons (Fsp3) is 0.600. The quantitative estimate of drug-likeness (QED) is 0.908. The summed E-state index contributed by atoms with van der Waals surface area (Å²) in [6.45, 7) is 5.26. The normalized spacial score (nSPS) is 24.6. The average Bonchev–Trinajstić information content (AvgIpc) is 2.37. The lowest BCUT2D eigenvalue weighted by Gasteiger charge is -2.40. The maximum absolute atomic E-state index is 13.3. The number of rotatable bonds is 4. The molecule has 2 rings (SSSR count). The van der Waals surface area contributed by atoms with Crippen molar-refractivity contribution in [2.45, 2.75) is 25.8 Å². The van der Waals surface area contributed by atoms with Crippen LogP contribution in [0.3, 0.4) is 0 Å². The Morgan fingerprint density at radius 2 is 2.26 bits per heavy atom. The molecule has 1 aliphatic rings. The SMILES string of the molecule is CCNCC1CCCN(C)C1c1ccc(F)cc1Br. The van der Waals surface area contributed by atoms with Crippen LogP contribution >= 0.6 is 15.9 Å². The molecule has 2 unspecified atom stereocenters. The minimum atomic E-state index is -0.183. The lowest BCUT2D eigenvalue weighted by molar-refractivity contribution is 0.119. The summed E-state index contributed by atoms with van der Waals surface area (Å²) >= 11 is 3.52. The van der Waals surface area contributed by atoms with Crippen molar-refractivity contribution in [3.05, 3.63) is 34.1 Å². The minimum absolute atomic E-state index is 0.183. The minimum Gasteiger partial charge on any atom is -0.317 e. The maximum Gasteiger partial charge on any atom is 0.124 e. The van der Waals surface area contributed by atoms with Gasteiger partial charge in [0.25, 0.3) is 0 Å². The maximum atomic E-state index is 13.3. The van der Waals surface area contributed by atoms with Crippen LogP contribution in [0.1, 0.15) is 31.4 Å². The van der Waals surface area contributed by atoms with E-state index in [1.807, 2.05) is 6.07 Å². The summed E-state index contributed by atoms with van der Waals surface area (Å²) in [6.07, 6.45) is 2.47. The molecule has 1 heterocycles. The lowest BCUT2D eigenvalue weighted by atomic mass is 9.85. The van der Waals surface area contributed by atoms with E-state index in [4.69, 9.17) is 0 Å². The highest BCUT2D eigenvalue weighted by Gasteiger charge is 2.31. The zero-order chi connectivity index (χ0) is 13.8. The molecule has 0 aromatic heterocycles. The molecule has 0 radical (unpaired) electrons. The van der Waals surface area contributed by atoms with Gasteiger partial charge in [0.05, 0.1) is 0 Å². The van der Waals surface area contributed by atoms with Crippen LogP contribution in [0.5, 0.6) is 0 Å². The van der Waals surface area contributed by atoms with Gasteiger partial charge >= 0.3 is 0 Å². The van der Waals surface area contributed by atoms with Gasteiger partial charge in [-0.15, -0.1) is 0 Å². The predicted molar refractivity (Wildman–Crippen MR) is 80.7 cm³/mol. The lowest BCUT2D eigenvalue weighted by Crippen LogP contribution is -2.40. The zero-order valence-electron chi connectivity index (χ0n) is 11.6. The number of hydrogen-bond acceptors (Lipinski definition) is 2. The molecule has 1 aromatic rings. The van der Waals surface area contributed by atoms with E-state index in [1.54, 1.807) is 12.1 Å². The van der Waals surface area contributed by atoms with Crippen molar-refractivity contribution in [2.75, 3.05) is 26.7 Å². The Morgan fingerprint density at radius 3 is 2.95 bits per heavy atom. The fourth-order valence-electron chi connectivity index (χ4n) is 3.04. The number of nitrogens with one attached hydrogen (secondary N) is 1. The topological polar surface area (TPSA) is 15.3 Å². The molecule has 0 aliphatic carbocycles. The summed E-state index contributed by atoms with van der Waals surface area (Å²) in [4.78, 5) is 2.39. The molecule has 4 heteroatoms. The van der Waals surface area contributed by atoms with E-state index in [0.29, 0.717) is 12.0 Å². The number of halogens is 2. The van der Waals surface area contributed by atoms with Crippen molar-refractivity contribution in [3.63, 3.8) is 0 Å². The Kier molecular flexibility index (Phi) is 5.37. The van der Waals surface area contributed by atoms with E-state index in [0.717, 1.165) is 24.1 Å². The second-order valence-electron chi connectivity index (χ2n) is 5.30. The molecule has 2 atom stereocenters. The molecule has 1 N–H and O–H groups in total. The number of benzene rings is 1. The van der Waals surface area contributed by atoms with Crippen molar-refractivity contribution < 1.29 is 4.39 Å². The first-order valence-corrected chi connectivity index (χ1v) is 7.78. The molecule has 1 fully saturated rings. The molecule has 1 aliphatic heterocycles. The highest BCUT2D eigenvalue weighted by Crippen LogP contribution is 2.38. The Morgan fingerprint density at radius 1 is 1.47 bits per heavy atom. The summed E-state index contributed by atoms with van der Waals surface area (Å²) in [7, 11) is 2.17. The van der Waals surface area contributed by atoms with Crippen molar-refractivity contribution in [1.82, 2.24) is 10.2 Å². The molecule has 1 saturated heterocycles. The van der Waals surface area contributed by atoms with Gasteiger partial charge in [0.15, 0.2) is 0 Å².